The molecule has 0 spiro atoms. The molecule has 0 aliphatic carbocycles. The quantitative estimate of drug-likeness (QED) is 0.679. The zero-order valence-corrected chi connectivity index (χ0v) is 11.9. The van der Waals surface area contributed by atoms with Crippen LogP contribution in [-0.2, 0) is 4.79 Å². The van der Waals surface area contributed by atoms with Crippen LogP contribution in [0.1, 0.15) is 6.92 Å². The molecule has 0 bridgehead atoms. The molecule has 1 atom stereocenters. The minimum atomic E-state index is -1.26. The van der Waals surface area contributed by atoms with Crippen molar-refractivity contribution in [3.05, 3.63) is 48.7 Å². The van der Waals surface area contributed by atoms with E-state index in [-0.39, 0.29) is 0 Å². The number of carbonyl (C=O) groups excluding carboxylic acids is 1. The zero-order chi connectivity index (χ0) is 15.9. The number of anilines is 3. The molecule has 1 unspecified atom stereocenters. The van der Waals surface area contributed by atoms with Crippen molar-refractivity contribution in [3.8, 4) is 0 Å². The molecule has 1 heterocycles. The molecular weight excluding hydrogens is 284 g/mol. The molecule has 2 aromatic rings. The first-order valence-electron chi connectivity index (χ1n) is 6.63. The van der Waals surface area contributed by atoms with Crippen molar-refractivity contribution >= 4 is 29.2 Å². The molecule has 4 N–H and O–H groups in total. The Kier molecular flexibility index (Phi) is 4.92. The number of benzene rings is 1. The van der Waals surface area contributed by atoms with E-state index in [9.17, 15) is 9.59 Å². The maximum Gasteiger partial charge on any atom is 0.405 e. The highest BCUT2D eigenvalue weighted by atomic mass is 16.4. The van der Waals surface area contributed by atoms with Gasteiger partial charge in [-0.15, -0.1) is 0 Å². The molecule has 0 saturated heterocycles. The minimum Gasteiger partial charge on any atom is -0.465 e. The second-order valence-electron chi connectivity index (χ2n) is 4.55. The Bertz CT molecular complexity index is 661. The molecule has 7 nitrogen and oxygen atoms in total. The monoisotopic (exact) mass is 300 g/mol. The highest BCUT2D eigenvalue weighted by Crippen LogP contribution is 2.22. The Morgan fingerprint density at radius 2 is 1.86 bits per heavy atom. The number of pyridine rings is 1. The van der Waals surface area contributed by atoms with Crippen LogP contribution in [0.2, 0.25) is 0 Å². The van der Waals surface area contributed by atoms with Crippen LogP contribution in [0.4, 0.5) is 22.0 Å². The summed E-state index contributed by atoms with van der Waals surface area (Å²) < 4.78 is 0. The average Bonchev–Trinajstić information content (AvgIpc) is 2.49. The largest absolute Gasteiger partial charge is 0.465 e. The Balaban J connectivity index is 2.11. The van der Waals surface area contributed by atoms with E-state index in [4.69, 9.17) is 5.11 Å². The van der Waals surface area contributed by atoms with Gasteiger partial charge in [-0.05, 0) is 31.2 Å². The van der Waals surface area contributed by atoms with Gasteiger partial charge in [-0.25, -0.2) is 9.78 Å². The fourth-order valence-electron chi connectivity index (χ4n) is 1.76. The molecule has 0 fully saturated rings. The van der Waals surface area contributed by atoms with E-state index in [1.54, 1.807) is 18.3 Å². The Morgan fingerprint density at radius 3 is 2.55 bits per heavy atom. The molecular formula is C15H16N4O3. The number of aromatic nitrogens is 1. The van der Waals surface area contributed by atoms with Crippen LogP contribution in [-0.4, -0.2) is 28.1 Å². The van der Waals surface area contributed by atoms with Crippen molar-refractivity contribution in [1.29, 1.82) is 0 Å². The molecule has 1 aromatic heterocycles. The van der Waals surface area contributed by atoms with Crippen LogP contribution >= 0.6 is 0 Å². The van der Waals surface area contributed by atoms with E-state index < -0.39 is 18.0 Å². The third kappa shape index (κ3) is 4.20. The van der Waals surface area contributed by atoms with E-state index in [0.717, 1.165) is 5.69 Å². The number of rotatable bonds is 5. The predicted molar refractivity (Wildman–Crippen MR) is 83.2 cm³/mol. The fourth-order valence-corrected chi connectivity index (χ4v) is 1.76. The van der Waals surface area contributed by atoms with Crippen molar-refractivity contribution in [1.82, 2.24) is 10.3 Å². The first-order chi connectivity index (χ1) is 10.6. The number of carbonyl (C=O) groups is 2. The van der Waals surface area contributed by atoms with E-state index in [2.05, 4.69) is 20.9 Å². The van der Waals surface area contributed by atoms with Gasteiger partial charge in [-0.2, -0.15) is 0 Å². The van der Waals surface area contributed by atoms with Gasteiger partial charge in [0.15, 0.2) is 5.82 Å². The second-order valence-corrected chi connectivity index (χ2v) is 4.55. The molecule has 0 aliphatic heterocycles. The van der Waals surface area contributed by atoms with Gasteiger partial charge in [0.2, 0.25) is 5.91 Å². The van der Waals surface area contributed by atoms with Gasteiger partial charge in [0.1, 0.15) is 6.04 Å². The number of hydrogen-bond donors (Lipinski definition) is 4. The summed E-state index contributed by atoms with van der Waals surface area (Å²) in [4.78, 5) is 26.6. The van der Waals surface area contributed by atoms with Gasteiger partial charge in [-0.1, -0.05) is 18.2 Å². The number of nitrogens with zero attached hydrogens (tertiary/aromatic N) is 1. The van der Waals surface area contributed by atoms with Gasteiger partial charge in [0.25, 0.3) is 0 Å². The van der Waals surface area contributed by atoms with Crippen molar-refractivity contribution in [3.63, 3.8) is 0 Å². The lowest BCUT2D eigenvalue weighted by atomic mass is 10.3. The first-order valence-corrected chi connectivity index (χ1v) is 6.63. The Labute approximate surface area is 127 Å². The summed E-state index contributed by atoms with van der Waals surface area (Å²) in [6.07, 6.45) is 0.285. The smallest absolute Gasteiger partial charge is 0.405 e. The molecule has 1 aromatic carbocycles. The van der Waals surface area contributed by atoms with Crippen LogP contribution in [0.5, 0.6) is 0 Å². The van der Waals surface area contributed by atoms with E-state index in [1.165, 1.54) is 6.92 Å². The van der Waals surface area contributed by atoms with Crippen molar-refractivity contribution in [2.75, 3.05) is 10.6 Å². The van der Waals surface area contributed by atoms with Gasteiger partial charge in [-0.3, -0.25) is 4.79 Å². The van der Waals surface area contributed by atoms with Crippen LogP contribution in [0.25, 0.3) is 0 Å². The second kappa shape index (κ2) is 7.07. The maximum absolute atomic E-state index is 11.9. The van der Waals surface area contributed by atoms with E-state index in [1.807, 2.05) is 30.3 Å². The molecule has 0 saturated carbocycles. The summed E-state index contributed by atoms with van der Waals surface area (Å²) in [5, 5.41) is 16.5. The Morgan fingerprint density at radius 1 is 1.14 bits per heavy atom. The summed E-state index contributed by atoms with van der Waals surface area (Å²) in [5.74, 6) is -0.160. The highest BCUT2D eigenvalue weighted by Gasteiger charge is 2.16. The minimum absolute atomic E-state index is 0.329. The number of amides is 2. The van der Waals surface area contributed by atoms with E-state index in [0.29, 0.717) is 11.5 Å². The van der Waals surface area contributed by atoms with Gasteiger partial charge in [0, 0.05) is 11.9 Å². The predicted octanol–water partition coefficient (Wildman–Crippen LogP) is 2.42. The number of para-hydroxylation sites is 1. The average molecular weight is 300 g/mol. The molecule has 2 amide bonds. The summed E-state index contributed by atoms with van der Waals surface area (Å²) in [7, 11) is 0. The van der Waals surface area contributed by atoms with Crippen LogP contribution in [0.15, 0.2) is 48.7 Å². The maximum atomic E-state index is 11.9. The van der Waals surface area contributed by atoms with E-state index >= 15 is 0 Å². The lowest BCUT2D eigenvalue weighted by Gasteiger charge is -2.15. The van der Waals surface area contributed by atoms with Gasteiger partial charge in [0.05, 0.1) is 5.69 Å². The molecule has 2 rings (SSSR count). The van der Waals surface area contributed by atoms with Crippen LogP contribution < -0.4 is 16.0 Å². The molecule has 7 heteroatoms. The Hall–Kier alpha value is -3.09. The third-order valence-corrected chi connectivity index (χ3v) is 2.84. The van der Waals surface area contributed by atoms with Gasteiger partial charge >= 0.3 is 6.09 Å². The number of nitrogens with one attached hydrogen (secondary N) is 3. The fraction of sp³-hybridized carbons (Fsp3) is 0.133. The summed E-state index contributed by atoms with van der Waals surface area (Å²) in [6, 6.07) is 12.1. The van der Waals surface area contributed by atoms with Crippen molar-refractivity contribution < 1.29 is 14.7 Å². The lowest BCUT2D eigenvalue weighted by Crippen LogP contribution is -2.41. The number of hydrogen-bond acceptors (Lipinski definition) is 4. The molecule has 0 aliphatic rings. The van der Waals surface area contributed by atoms with Crippen molar-refractivity contribution in [2.24, 2.45) is 0 Å². The topological polar surface area (TPSA) is 103 Å². The van der Waals surface area contributed by atoms with Gasteiger partial charge < -0.3 is 21.1 Å². The normalized spacial score (nSPS) is 11.3. The van der Waals surface area contributed by atoms with Crippen LogP contribution in [0, 0.1) is 0 Å². The highest BCUT2D eigenvalue weighted by molar-refractivity contribution is 5.97. The molecule has 114 valence electrons. The van der Waals surface area contributed by atoms with Crippen molar-refractivity contribution in [2.45, 2.75) is 13.0 Å². The lowest BCUT2D eigenvalue weighted by molar-refractivity contribution is -0.117. The standard InChI is InChI=1S/C15H16N4O3/c1-10(17-15(21)22)14(20)19-13-12(8-5-9-16-13)18-11-6-3-2-4-7-11/h2-10,17-18H,1H3,(H,21,22)(H,16,19,20). The SMILES string of the molecule is CC(NC(=O)O)C(=O)Nc1ncccc1Nc1ccccc1. The first kappa shape index (κ1) is 15.3. The summed E-state index contributed by atoms with van der Waals surface area (Å²) in [6.45, 7) is 1.46. The summed E-state index contributed by atoms with van der Waals surface area (Å²) >= 11 is 0. The zero-order valence-electron chi connectivity index (χ0n) is 11.9. The molecule has 22 heavy (non-hydrogen) atoms. The molecule has 0 radical (unpaired) electrons. The number of carboxylic acid groups (broad SMARTS) is 1. The summed E-state index contributed by atoms with van der Waals surface area (Å²) in [5.41, 5.74) is 1.47. The van der Waals surface area contributed by atoms with Crippen LogP contribution in [0.3, 0.4) is 0 Å². The third-order valence-electron chi connectivity index (χ3n) is 2.84.